The van der Waals surface area contributed by atoms with Gasteiger partial charge in [-0.25, -0.2) is 0 Å². The molecule has 1 rings (SSSR count). The van der Waals surface area contributed by atoms with Gasteiger partial charge >= 0.3 is 41.9 Å². The summed E-state index contributed by atoms with van der Waals surface area (Å²) in [5.74, 6) is -6.73. The van der Waals surface area contributed by atoms with E-state index in [9.17, 15) is 24.0 Å². The normalized spacial score (nSPS) is 21.3. The molecule has 10 nitrogen and oxygen atoms in total. The van der Waals surface area contributed by atoms with Crippen molar-refractivity contribution in [3.05, 3.63) is 0 Å². The van der Waals surface area contributed by atoms with Crippen molar-refractivity contribution in [3.8, 4) is 0 Å². The molecule has 2 unspecified atom stereocenters. The minimum Gasteiger partial charge on any atom is -0.457 e. The zero-order chi connectivity index (χ0) is 24.0. The predicted octanol–water partition coefficient (Wildman–Crippen LogP) is 3.09. The standard InChI is InChI=1S/C22H34O10/c1-4-5-6-7-8-9-10-11-12-20(27)32-22(31-17(3)24)15-28-18(25)13-14-19(26)30-21(22)29-16(2)23/h21H,4-15H2,1-3H3. The van der Waals surface area contributed by atoms with E-state index in [1.165, 1.54) is 19.3 Å². The second kappa shape index (κ2) is 14.4. The van der Waals surface area contributed by atoms with Gasteiger partial charge < -0.3 is 23.7 Å². The number of esters is 5. The van der Waals surface area contributed by atoms with Crippen LogP contribution in [0, 0.1) is 0 Å². The first-order chi connectivity index (χ1) is 15.2. The van der Waals surface area contributed by atoms with Gasteiger partial charge in [0, 0.05) is 20.3 Å². The Morgan fingerprint density at radius 3 is 2.06 bits per heavy atom. The molecule has 1 heterocycles. The number of carbonyl (C=O) groups is 5. The molecule has 1 saturated heterocycles. The highest BCUT2D eigenvalue weighted by molar-refractivity contribution is 5.78. The lowest BCUT2D eigenvalue weighted by Gasteiger charge is -2.35. The van der Waals surface area contributed by atoms with Gasteiger partial charge in [0.05, 0.1) is 12.8 Å². The van der Waals surface area contributed by atoms with E-state index in [4.69, 9.17) is 23.7 Å². The quantitative estimate of drug-likeness (QED) is 0.186. The Morgan fingerprint density at radius 1 is 0.875 bits per heavy atom. The van der Waals surface area contributed by atoms with Crippen molar-refractivity contribution in [2.24, 2.45) is 0 Å². The van der Waals surface area contributed by atoms with Crippen LogP contribution in [0.5, 0.6) is 0 Å². The molecular weight excluding hydrogens is 424 g/mol. The van der Waals surface area contributed by atoms with Crippen LogP contribution in [0.2, 0.25) is 0 Å². The number of unbranched alkanes of at least 4 members (excludes halogenated alkanes) is 7. The molecule has 182 valence electrons. The molecule has 10 heteroatoms. The Morgan fingerprint density at radius 2 is 1.47 bits per heavy atom. The molecule has 0 radical (unpaired) electrons. The fourth-order valence-corrected chi connectivity index (χ4v) is 3.12. The van der Waals surface area contributed by atoms with Crippen molar-refractivity contribution in [1.82, 2.24) is 0 Å². The summed E-state index contributed by atoms with van der Waals surface area (Å²) in [5, 5.41) is 0. The lowest BCUT2D eigenvalue weighted by atomic mass is 10.1. The molecule has 0 aromatic heterocycles. The van der Waals surface area contributed by atoms with E-state index in [0.717, 1.165) is 39.5 Å². The summed E-state index contributed by atoms with van der Waals surface area (Å²) in [5.41, 5.74) is 0. The van der Waals surface area contributed by atoms with Crippen LogP contribution in [0.3, 0.4) is 0 Å². The van der Waals surface area contributed by atoms with Gasteiger partial charge in [-0.3, -0.25) is 24.0 Å². The number of cyclic esters (lactones) is 2. The van der Waals surface area contributed by atoms with Crippen molar-refractivity contribution in [1.29, 1.82) is 0 Å². The van der Waals surface area contributed by atoms with Crippen molar-refractivity contribution >= 4 is 29.8 Å². The molecule has 0 aromatic rings. The van der Waals surface area contributed by atoms with E-state index in [-0.39, 0.29) is 19.3 Å². The first-order valence-electron chi connectivity index (χ1n) is 11.1. The van der Waals surface area contributed by atoms with Crippen LogP contribution in [-0.2, 0) is 47.7 Å². The Kier molecular flexibility index (Phi) is 12.3. The molecule has 1 aliphatic rings. The summed E-state index contributed by atoms with van der Waals surface area (Å²) in [4.78, 5) is 59.7. The maximum Gasteiger partial charge on any atom is 0.366 e. The SMILES string of the molecule is CCCCCCCCCCC(=O)OC1(OC(C)=O)COC(=O)CCC(=O)OC1OC(C)=O. The molecule has 0 spiro atoms. The average Bonchev–Trinajstić information content (AvgIpc) is 2.75. The number of rotatable bonds is 12. The van der Waals surface area contributed by atoms with Gasteiger partial charge in [0.1, 0.15) is 0 Å². The number of carbonyl (C=O) groups excluding carboxylic acids is 5. The summed E-state index contributed by atoms with van der Waals surface area (Å²) in [7, 11) is 0. The van der Waals surface area contributed by atoms with E-state index in [0.29, 0.717) is 6.42 Å². The summed E-state index contributed by atoms with van der Waals surface area (Å²) in [6.45, 7) is 3.42. The van der Waals surface area contributed by atoms with Gasteiger partial charge in [0.15, 0.2) is 6.61 Å². The monoisotopic (exact) mass is 458 g/mol. The van der Waals surface area contributed by atoms with E-state index in [1.54, 1.807) is 0 Å². The Hall–Kier alpha value is -2.65. The molecule has 0 amide bonds. The van der Waals surface area contributed by atoms with Gasteiger partial charge in [-0.2, -0.15) is 0 Å². The summed E-state index contributed by atoms with van der Waals surface area (Å²) < 4.78 is 25.5. The van der Waals surface area contributed by atoms with E-state index in [2.05, 4.69) is 6.92 Å². The second-order valence-electron chi connectivity index (χ2n) is 7.70. The molecule has 32 heavy (non-hydrogen) atoms. The third-order valence-corrected chi connectivity index (χ3v) is 4.68. The van der Waals surface area contributed by atoms with Gasteiger partial charge in [0.25, 0.3) is 0 Å². The van der Waals surface area contributed by atoms with Crippen LogP contribution in [-0.4, -0.2) is 48.5 Å². The molecular formula is C22H34O10. The minimum atomic E-state index is -2.44. The lowest BCUT2D eigenvalue weighted by molar-refractivity contribution is -0.320. The van der Waals surface area contributed by atoms with Gasteiger partial charge in [-0.05, 0) is 6.42 Å². The lowest BCUT2D eigenvalue weighted by Crippen LogP contribution is -2.56. The maximum atomic E-state index is 12.5. The number of ether oxygens (including phenoxy) is 5. The molecule has 0 bridgehead atoms. The fraction of sp³-hybridized carbons (Fsp3) is 0.773. The summed E-state index contributed by atoms with van der Waals surface area (Å²) >= 11 is 0. The molecule has 0 N–H and O–H groups in total. The highest BCUT2D eigenvalue weighted by Crippen LogP contribution is 2.27. The van der Waals surface area contributed by atoms with Gasteiger partial charge in [0.2, 0.25) is 0 Å². The average molecular weight is 459 g/mol. The first-order valence-corrected chi connectivity index (χ1v) is 11.1. The van der Waals surface area contributed by atoms with E-state index in [1.807, 2.05) is 0 Å². The van der Waals surface area contributed by atoms with Crippen molar-refractivity contribution in [3.63, 3.8) is 0 Å². The zero-order valence-corrected chi connectivity index (χ0v) is 19.1. The minimum absolute atomic E-state index is 0.00728. The molecule has 1 fully saturated rings. The van der Waals surface area contributed by atoms with Crippen LogP contribution in [0.15, 0.2) is 0 Å². The number of hydrogen-bond donors (Lipinski definition) is 0. The smallest absolute Gasteiger partial charge is 0.366 e. The van der Waals surface area contributed by atoms with Gasteiger partial charge in [-0.1, -0.05) is 51.9 Å². The van der Waals surface area contributed by atoms with E-state index < -0.39 is 48.5 Å². The van der Waals surface area contributed by atoms with Crippen LogP contribution in [0.25, 0.3) is 0 Å². The molecule has 1 aliphatic heterocycles. The van der Waals surface area contributed by atoms with Crippen LogP contribution < -0.4 is 0 Å². The topological polar surface area (TPSA) is 132 Å². The summed E-state index contributed by atoms with van der Waals surface area (Å²) in [6, 6.07) is 0. The molecule has 2 atom stereocenters. The maximum absolute atomic E-state index is 12.5. The van der Waals surface area contributed by atoms with Crippen molar-refractivity contribution < 1.29 is 47.7 Å². The van der Waals surface area contributed by atoms with Crippen molar-refractivity contribution in [2.75, 3.05) is 6.61 Å². The third-order valence-electron chi connectivity index (χ3n) is 4.68. The second-order valence-corrected chi connectivity index (χ2v) is 7.70. The van der Waals surface area contributed by atoms with Crippen LogP contribution >= 0.6 is 0 Å². The zero-order valence-electron chi connectivity index (χ0n) is 19.1. The highest BCUT2D eigenvalue weighted by atomic mass is 16.8. The van der Waals surface area contributed by atoms with Gasteiger partial charge in [-0.15, -0.1) is 0 Å². The number of hydrogen-bond acceptors (Lipinski definition) is 10. The molecule has 0 saturated carbocycles. The Balaban J connectivity index is 2.85. The fourth-order valence-electron chi connectivity index (χ4n) is 3.12. The highest BCUT2D eigenvalue weighted by Gasteiger charge is 2.53. The van der Waals surface area contributed by atoms with Crippen molar-refractivity contribution in [2.45, 2.75) is 103 Å². The largest absolute Gasteiger partial charge is 0.457 e. The Bertz CT molecular complexity index is 659. The Labute approximate surface area is 188 Å². The van der Waals surface area contributed by atoms with Crippen LogP contribution in [0.4, 0.5) is 0 Å². The van der Waals surface area contributed by atoms with Crippen LogP contribution in [0.1, 0.15) is 91.4 Å². The molecule has 0 aromatic carbocycles. The third kappa shape index (κ3) is 10.6. The molecule has 0 aliphatic carbocycles. The van der Waals surface area contributed by atoms with E-state index >= 15 is 0 Å². The predicted molar refractivity (Wildman–Crippen MR) is 110 cm³/mol. The summed E-state index contributed by atoms with van der Waals surface area (Å²) in [6.07, 6.45) is 5.53. The first kappa shape index (κ1) is 27.4.